The second-order valence-corrected chi connectivity index (χ2v) is 4.00. The molecule has 1 aliphatic rings. The number of hydrogen-bond donors (Lipinski definition) is 2. The van der Waals surface area contributed by atoms with Gasteiger partial charge in [-0.1, -0.05) is 12.1 Å². The number of morpholine rings is 1. The summed E-state index contributed by atoms with van der Waals surface area (Å²) in [5.74, 6) is -0.391. The molecule has 0 atom stereocenters. The normalized spacial score (nSPS) is 16.9. The van der Waals surface area contributed by atoms with Gasteiger partial charge in [-0.15, -0.1) is 0 Å². The van der Waals surface area contributed by atoms with Crippen LogP contribution in [0.15, 0.2) is 24.3 Å². The first kappa shape index (κ1) is 12.0. The first-order chi connectivity index (χ1) is 8.25. The molecule has 0 aromatic heterocycles. The average molecular weight is 235 g/mol. The van der Waals surface area contributed by atoms with E-state index in [1.165, 1.54) is 0 Å². The predicted molar refractivity (Wildman–Crippen MR) is 64.2 cm³/mol. The highest BCUT2D eigenvalue weighted by Gasteiger charge is 2.09. The van der Waals surface area contributed by atoms with Gasteiger partial charge in [-0.05, 0) is 17.7 Å². The summed E-state index contributed by atoms with van der Waals surface area (Å²) in [5.41, 5.74) is 10.2. The Balaban J connectivity index is 1.84. The molecule has 92 valence electrons. The van der Waals surface area contributed by atoms with Crippen LogP contribution in [-0.4, -0.2) is 37.2 Å². The molecule has 17 heavy (non-hydrogen) atoms. The smallest absolute Gasteiger partial charge is 0.248 e. The van der Waals surface area contributed by atoms with Gasteiger partial charge in [0.2, 0.25) is 5.91 Å². The maximum Gasteiger partial charge on any atom is 0.248 e. The number of hydrazine groups is 1. The van der Waals surface area contributed by atoms with E-state index in [1.807, 2.05) is 12.1 Å². The predicted octanol–water partition coefficient (Wildman–Crippen LogP) is 0.122. The van der Waals surface area contributed by atoms with Crippen molar-refractivity contribution in [2.24, 2.45) is 5.73 Å². The van der Waals surface area contributed by atoms with Crippen molar-refractivity contribution in [2.45, 2.75) is 6.54 Å². The zero-order chi connectivity index (χ0) is 12.1. The van der Waals surface area contributed by atoms with E-state index in [0.717, 1.165) is 38.4 Å². The third kappa shape index (κ3) is 3.52. The monoisotopic (exact) mass is 235 g/mol. The quantitative estimate of drug-likeness (QED) is 0.778. The Bertz CT molecular complexity index is 372. The molecule has 1 aromatic carbocycles. The van der Waals surface area contributed by atoms with Crippen LogP contribution >= 0.6 is 0 Å². The van der Waals surface area contributed by atoms with Crippen LogP contribution in [0.2, 0.25) is 0 Å². The Morgan fingerprint density at radius 2 is 1.94 bits per heavy atom. The molecule has 1 fully saturated rings. The molecule has 0 radical (unpaired) electrons. The molecule has 0 bridgehead atoms. The van der Waals surface area contributed by atoms with Gasteiger partial charge in [0.15, 0.2) is 0 Å². The van der Waals surface area contributed by atoms with Crippen LogP contribution in [0.4, 0.5) is 0 Å². The zero-order valence-corrected chi connectivity index (χ0v) is 9.69. The van der Waals surface area contributed by atoms with Gasteiger partial charge in [-0.2, -0.15) is 0 Å². The number of hydrogen-bond acceptors (Lipinski definition) is 4. The van der Waals surface area contributed by atoms with E-state index >= 15 is 0 Å². The molecule has 1 heterocycles. The van der Waals surface area contributed by atoms with E-state index in [-0.39, 0.29) is 0 Å². The van der Waals surface area contributed by atoms with Crippen molar-refractivity contribution in [1.82, 2.24) is 10.4 Å². The molecule has 2 rings (SSSR count). The Hall–Kier alpha value is -1.43. The lowest BCUT2D eigenvalue weighted by Crippen LogP contribution is -2.45. The molecule has 1 amide bonds. The molecule has 0 saturated carbocycles. The SMILES string of the molecule is NC(=O)c1ccc(CNN2CCOCC2)cc1. The van der Waals surface area contributed by atoms with Gasteiger partial charge in [-0.25, -0.2) is 5.01 Å². The summed E-state index contributed by atoms with van der Waals surface area (Å²) in [4.78, 5) is 10.9. The summed E-state index contributed by atoms with van der Waals surface area (Å²) >= 11 is 0. The number of rotatable bonds is 4. The largest absolute Gasteiger partial charge is 0.379 e. The summed E-state index contributed by atoms with van der Waals surface area (Å²) < 4.78 is 5.26. The molecule has 3 N–H and O–H groups in total. The first-order valence-electron chi connectivity index (χ1n) is 5.70. The lowest BCUT2D eigenvalue weighted by Gasteiger charge is -2.27. The number of carbonyl (C=O) groups excluding carboxylic acids is 1. The van der Waals surface area contributed by atoms with Gasteiger partial charge >= 0.3 is 0 Å². The number of primary amides is 1. The van der Waals surface area contributed by atoms with Gasteiger partial charge in [-0.3, -0.25) is 10.2 Å². The van der Waals surface area contributed by atoms with Crippen LogP contribution in [0.1, 0.15) is 15.9 Å². The van der Waals surface area contributed by atoms with Crippen LogP contribution < -0.4 is 11.2 Å². The van der Waals surface area contributed by atoms with Crippen LogP contribution in [-0.2, 0) is 11.3 Å². The summed E-state index contributed by atoms with van der Waals surface area (Å²) in [5, 5.41) is 2.14. The van der Waals surface area contributed by atoms with E-state index in [0.29, 0.717) is 5.56 Å². The minimum Gasteiger partial charge on any atom is -0.379 e. The lowest BCUT2D eigenvalue weighted by atomic mass is 10.1. The highest BCUT2D eigenvalue weighted by atomic mass is 16.5. The molecule has 1 aliphatic heterocycles. The number of carbonyl (C=O) groups is 1. The van der Waals surface area contributed by atoms with E-state index < -0.39 is 5.91 Å². The molecule has 5 heteroatoms. The lowest BCUT2D eigenvalue weighted by molar-refractivity contribution is 0.0106. The van der Waals surface area contributed by atoms with Crippen molar-refractivity contribution in [2.75, 3.05) is 26.3 Å². The maximum atomic E-state index is 10.9. The summed E-state index contributed by atoms with van der Waals surface area (Å²) in [7, 11) is 0. The average Bonchev–Trinajstić information content (AvgIpc) is 2.38. The van der Waals surface area contributed by atoms with Crippen molar-refractivity contribution in [3.05, 3.63) is 35.4 Å². The topological polar surface area (TPSA) is 67.6 Å². The van der Waals surface area contributed by atoms with Crippen molar-refractivity contribution in [3.63, 3.8) is 0 Å². The second-order valence-electron chi connectivity index (χ2n) is 4.00. The van der Waals surface area contributed by atoms with Crippen molar-refractivity contribution < 1.29 is 9.53 Å². The molecule has 1 aromatic rings. The van der Waals surface area contributed by atoms with Crippen molar-refractivity contribution >= 4 is 5.91 Å². The highest BCUT2D eigenvalue weighted by molar-refractivity contribution is 5.92. The second kappa shape index (κ2) is 5.77. The molecular formula is C12H17N3O2. The Kier molecular flexibility index (Phi) is 4.08. The minimum atomic E-state index is -0.391. The van der Waals surface area contributed by atoms with E-state index in [4.69, 9.17) is 10.5 Å². The summed E-state index contributed by atoms with van der Waals surface area (Å²) in [6.07, 6.45) is 0. The number of benzene rings is 1. The Morgan fingerprint density at radius 3 is 2.53 bits per heavy atom. The third-order valence-corrected chi connectivity index (χ3v) is 2.76. The number of ether oxygens (including phenoxy) is 1. The van der Waals surface area contributed by atoms with Crippen molar-refractivity contribution in [3.8, 4) is 0 Å². The third-order valence-electron chi connectivity index (χ3n) is 2.76. The molecular weight excluding hydrogens is 218 g/mol. The summed E-state index contributed by atoms with van der Waals surface area (Å²) in [6.45, 7) is 4.10. The van der Waals surface area contributed by atoms with Crippen LogP contribution in [0.5, 0.6) is 0 Å². The van der Waals surface area contributed by atoms with E-state index in [9.17, 15) is 4.79 Å². The van der Waals surface area contributed by atoms with Crippen LogP contribution in [0.3, 0.4) is 0 Å². The van der Waals surface area contributed by atoms with Gasteiger partial charge < -0.3 is 10.5 Å². The van der Waals surface area contributed by atoms with Crippen LogP contribution in [0.25, 0.3) is 0 Å². The maximum absolute atomic E-state index is 10.9. The van der Waals surface area contributed by atoms with Gasteiger partial charge in [0.05, 0.1) is 13.2 Å². The molecule has 0 spiro atoms. The number of nitrogens with zero attached hydrogens (tertiary/aromatic N) is 1. The van der Waals surface area contributed by atoms with Crippen molar-refractivity contribution in [1.29, 1.82) is 0 Å². The fourth-order valence-corrected chi connectivity index (χ4v) is 1.71. The zero-order valence-electron chi connectivity index (χ0n) is 9.69. The van der Waals surface area contributed by atoms with Gasteiger partial charge in [0.1, 0.15) is 0 Å². The standard InChI is InChI=1S/C12H17N3O2/c13-12(16)11-3-1-10(2-4-11)9-14-15-5-7-17-8-6-15/h1-4,14H,5-9H2,(H2,13,16). The van der Waals surface area contributed by atoms with E-state index in [1.54, 1.807) is 12.1 Å². The Morgan fingerprint density at radius 1 is 1.29 bits per heavy atom. The highest BCUT2D eigenvalue weighted by Crippen LogP contribution is 2.04. The Labute approximate surface area is 101 Å². The molecule has 5 nitrogen and oxygen atoms in total. The molecule has 0 aliphatic carbocycles. The van der Waals surface area contributed by atoms with Gasteiger partial charge in [0.25, 0.3) is 0 Å². The molecule has 0 unspecified atom stereocenters. The number of nitrogens with two attached hydrogens (primary N) is 1. The molecule has 1 saturated heterocycles. The fraction of sp³-hybridized carbons (Fsp3) is 0.417. The minimum absolute atomic E-state index is 0.391. The summed E-state index contributed by atoms with van der Waals surface area (Å²) in [6, 6.07) is 7.32. The first-order valence-corrected chi connectivity index (χ1v) is 5.70. The fourth-order valence-electron chi connectivity index (χ4n) is 1.71. The van der Waals surface area contributed by atoms with Crippen LogP contribution in [0, 0.1) is 0 Å². The van der Waals surface area contributed by atoms with E-state index in [2.05, 4.69) is 10.4 Å². The number of amides is 1. The van der Waals surface area contributed by atoms with Gasteiger partial charge in [0, 0.05) is 25.2 Å². The number of nitrogens with one attached hydrogen (secondary N) is 1.